The number of carbonyl (C=O) groups excluding carboxylic acids is 3. The summed E-state index contributed by atoms with van der Waals surface area (Å²) in [6, 6.07) is 6.85. The summed E-state index contributed by atoms with van der Waals surface area (Å²) in [4.78, 5) is 37.2. The van der Waals surface area contributed by atoms with Crippen LogP contribution in [-0.2, 0) is 19.0 Å². The molecule has 0 bridgehead atoms. The van der Waals surface area contributed by atoms with Gasteiger partial charge < -0.3 is 14.2 Å². The van der Waals surface area contributed by atoms with Crippen LogP contribution >= 0.6 is 0 Å². The lowest BCUT2D eigenvalue weighted by Crippen LogP contribution is -2.47. The molecule has 2 heterocycles. The number of methoxy groups -OCH3 is 1. The molecule has 2 aliphatic rings. The molecule has 0 radical (unpaired) electrons. The van der Waals surface area contributed by atoms with Crippen LogP contribution in [0, 0.1) is 5.92 Å². The molecule has 1 saturated heterocycles. The van der Waals surface area contributed by atoms with Gasteiger partial charge in [0.25, 0.3) is 11.8 Å². The first-order valence-corrected chi connectivity index (χ1v) is 9.70. The van der Waals surface area contributed by atoms with Crippen molar-refractivity contribution in [3.8, 4) is 0 Å². The standard InChI is InChI=1S/C22H25NO6/c1-15-28-14-16(8-4-3-5-9-17(13-24)27-2)20(29-15)12-23-21(25)18-10-6-7-11-19(18)22(23)26/h3-4,6-7,10-11,15-16,20H,5,8-9,12,14H2,1-2H3/t15-,16+,20+/m1/s1. The summed E-state index contributed by atoms with van der Waals surface area (Å²) in [6.07, 6.45) is 5.09. The first-order chi connectivity index (χ1) is 14.0. The summed E-state index contributed by atoms with van der Waals surface area (Å²) in [5, 5.41) is 0. The number of amides is 2. The average molecular weight is 399 g/mol. The molecule has 0 N–H and O–H groups in total. The van der Waals surface area contributed by atoms with E-state index < -0.39 is 6.29 Å². The van der Waals surface area contributed by atoms with Crippen molar-refractivity contribution in [3.05, 3.63) is 53.3 Å². The van der Waals surface area contributed by atoms with Gasteiger partial charge in [0.2, 0.25) is 0 Å². The van der Waals surface area contributed by atoms with Crippen molar-refractivity contribution in [2.75, 3.05) is 20.3 Å². The Labute approximate surface area is 169 Å². The molecule has 29 heavy (non-hydrogen) atoms. The Hall–Kier alpha value is -2.73. The van der Waals surface area contributed by atoms with Crippen LogP contribution in [0.1, 0.15) is 46.9 Å². The minimum absolute atomic E-state index is 0.00951. The molecule has 0 spiro atoms. The lowest BCUT2D eigenvalue weighted by Gasteiger charge is -2.36. The van der Waals surface area contributed by atoms with Gasteiger partial charge in [-0.05, 0) is 31.9 Å². The van der Waals surface area contributed by atoms with Gasteiger partial charge in [0, 0.05) is 12.3 Å². The summed E-state index contributed by atoms with van der Waals surface area (Å²) in [6.45, 7) is 2.48. The van der Waals surface area contributed by atoms with Crippen molar-refractivity contribution in [1.29, 1.82) is 0 Å². The summed E-state index contributed by atoms with van der Waals surface area (Å²) in [5.74, 6) is 1.49. The lowest BCUT2D eigenvalue weighted by atomic mass is 9.97. The second kappa shape index (κ2) is 9.65. The number of carbonyl (C=O) groups is 2. The maximum atomic E-state index is 12.6. The lowest BCUT2D eigenvalue weighted by molar-refractivity contribution is -0.227. The number of nitrogens with zero attached hydrogens (tertiary/aromatic N) is 1. The summed E-state index contributed by atoms with van der Waals surface area (Å²) >= 11 is 0. The van der Waals surface area contributed by atoms with E-state index >= 15 is 0 Å². The summed E-state index contributed by atoms with van der Waals surface area (Å²) < 4.78 is 16.4. The topological polar surface area (TPSA) is 82.1 Å². The second-order valence-corrected chi connectivity index (χ2v) is 7.08. The van der Waals surface area contributed by atoms with E-state index in [0.29, 0.717) is 37.0 Å². The van der Waals surface area contributed by atoms with Gasteiger partial charge in [-0.3, -0.25) is 14.5 Å². The average Bonchev–Trinajstić information content (AvgIpc) is 2.97. The number of hydrogen-bond donors (Lipinski definition) is 0. The van der Waals surface area contributed by atoms with Crippen molar-refractivity contribution < 1.29 is 28.6 Å². The van der Waals surface area contributed by atoms with Crippen molar-refractivity contribution >= 4 is 17.8 Å². The smallest absolute Gasteiger partial charge is 0.261 e. The van der Waals surface area contributed by atoms with E-state index in [1.807, 2.05) is 12.2 Å². The Bertz CT molecular complexity index is 806. The maximum absolute atomic E-state index is 12.6. The summed E-state index contributed by atoms with van der Waals surface area (Å²) in [5.41, 5.74) is 0.873. The van der Waals surface area contributed by atoms with Gasteiger partial charge in [-0.2, -0.15) is 0 Å². The second-order valence-electron chi connectivity index (χ2n) is 7.08. The van der Waals surface area contributed by atoms with Crippen LogP contribution in [0.25, 0.3) is 0 Å². The van der Waals surface area contributed by atoms with Crippen LogP contribution in [0.5, 0.6) is 0 Å². The monoisotopic (exact) mass is 399 g/mol. The molecule has 0 saturated carbocycles. The summed E-state index contributed by atoms with van der Waals surface area (Å²) in [7, 11) is 1.45. The Kier molecular flexibility index (Phi) is 6.99. The molecule has 3 rings (SSSR count). The van der Waals surface area contributed by atoms with Crippen molar-refractivity contribution in [3.63, 3.8) is 0 Å². The van der Waals surface area contributed by atoms with E-state index in [1.165, 1.54) is 12.0 Å². The SMILES string of the molecule is COC(=C=O)CCC=CC[C@H]1CO[C@@H](C)O[C@H]1CN1C(=O)c2ccccc2C1=O. The fraction of sp³-hybridized carbons (Fsp3) is 0.455. The molecular weight excluding hydrogens is 374 g/mol. The Balaban J connectivity index is 1.61. The fourth-order valence-corrected chi connectivity index (χ4v) is 3.56. The third-order valence-corrected chi connectivity index (χ3v) is 5.18. The number of allylic oxidation sites excluding steroid dienone is 3. The molecule has 0 aromatic heterocycles. The van der Waals surface area contributed by atoms with Crippen molar-refractivity contribution in [1.82, 2.24) is 4.90 Å². The molecule has 3 atom stereocenters. The quantitative estimate of drug-likeness (QED) is 0.289. The zero-order chi connectivity index (χ0) is 20.8. The molecule has 1 aromatic rings. The molecule has 1 fully saturated rings. The third kappa shape index (κ3) is 4.82. The Morgan fingerprint density at radius 2 is 1.93 bits per heavy atom. The molecule has 7 heteroatoms. The zero-order valence-corrected chi connectivity index (χ0v) is 16.6. The molecule has 154 valence electrons. The highest BCUT2D eigenvalue weighted by molar-refractivity contribution is 6.21. The molecular formula is C22H25NO6. The van der Waals surface area contributed by atoms with E-state index in [4.69, 9.17) is 14.2 Å². The fourth-order valence-electron chi connectivity index (χ4n) is 3.56. The first-order valence-electron chi connectivity index (χ1n) is 9.70. The third-order valence-electron chi connectivity index (χ3n) is 5.18. The minimum Gasteiger partial charge on any atom is -0.490 e. The number of fused-ring (bicyclic) bond motifs is 1. The van der Waals surface area contributed by atoms with E-state index in [2.05, 4.69) is 0 Å². The van der Waals surface area contributed by atoms with E-state index in [9.17, 15) is 14.4 Å². The normalized spacial score (nSPS) is 23.9. The van der Waals surface area contributed by atoms with E-state index in [1.54, 1.807) is 37.1 Å². The zero-order valence-electron chi connectivity index (χ0n) is 16.6. The van der Waals surface area contributed by atoms with Gasteiger partial charge in [0.15, 0.2) is 18.0 Å². The van der Waals surface area contributed by atoms with Gasteiger partial charge in [0.05, 0.1) is 37.5 Å². The van der Waals surface area contributed by atoms with Gasteiger partial charge in [-0.25, -0.2) is 4.79 Å². The van der Waals surface area contributed by atoms with Gasteiger partial charge in [0.1, 0.15) is 0 Å². The maximum Gasteiger partial charge on any atom is 0.261 e. The number of ether oxygens (including phenoxy) is 3. The molecule has 0 unspecified atom stereocenters. The van der Waals surface area contributed by atoms with Gasteiger partial charge >= 0.3 is 0 Å². The van der Waals surface area contributed by atoms with E-state index in [0.717, 1.165) is 0 Å². The van der Waals surface area contributed by atoms with Crippen LogP contribution in [0.2, 0.25) is 0 Å². The molecule has 7 nitrogen and oxygen atoms in total. The highest BCUT2D eigenvalue weighted by atomic mass is 16.7. The van der Waals surface area contributed by atoms with Crippen molar-refractivity contribution in [2.24, 2.45) is 5.92 Å². The Morgan fingerprint density at radius 1 is 1.24 bits per heavy atom. The highest BCUT2D eigenvalue weighted by Gasteiger charge is 2.39. The molecule has 2 aliphatic heterocycles. The minimum atomic E-state index is -0.391. The van der Waals surface area contributed by atoms with Gasteiger partial charge in [-0.15, -0.1) is 0 Å². The predicted octanol–water partition coefficient (Wildman–Crippen LogP) is 2.75. The van der Waals surface area contributed by atoms with Crippen molar-refractivity contribution in [2.45, 2.75) is 38.6 Å². The van der Waals surface area contributed by atoms with Crippen LogP contribution in [0.4, 0.5) is 0 Å². The van der Waals surface area contributed by atoms with Crippen LogP contribution < -0.4 is 0 Å². The van der Waals surface area contributed by atoms with Gasteiger partial charge in [-0.1, -0.05) is 24.3 Å². The largest absolute Gasteiger partial charge is 0.490 e. The van der Waals surface area contributed by atoms with Crippen LogP contribution in [-0.4, -0.2) is 55.3 Å². The highest BCUT2D eigenvalue weighted by Crippen LogP contribution is 2.28. The number of imide groups is 1. The first kappa shape index (κ1) is 21.0. The number of hydrogen-bond acceptors (Lipinski definition) is 6. The molecule has 1 aromatic carbocycles. The number of benzene rings is 1. The van der Waals surface area contributed by atoms with Crippen LogP contribution in [0.15, 0.2) is 42.2 Å². The molecule has 2 amide bonds. The number of rotatable bonds is 8. The van der Waals surface area contributed by atoms with E-state index in [-0.39, 0.29) is 36.1 Å². The molecule has 0 aliphatic carbocycles. The predicted molar refractivity (Wildman–Crippen MR) is 105 cm³/mol. The van der Waals surface area contributed by atoms with Crippen LogP contribution in [0.3, 0.4) is 0 Å². The Morgan fingerprint density at radius 3 is 2.55 bits per heavy atom.